The average Bonchev–Trinajstić information content (AvgIpc) is 3.21. The van der Waals surface area contributed by atoms with Crippen molar-refractivity contribution in [1.82, 2.24) is 29.9 Å². The van der Waals surface area contributed by atoms with E-state index in [0.717, 1.165) is 43.8 Å². The second-order valence-corrected chi connectivity index (χ2v) is 6.62. The minimum Gasteiger partial charge on any atom is -0.353 e. The second kappa shape index (κ2) is 9.56. The largest absolute Gasteiger partial charge is 0.353 e. The van der Waals surface area contributed by atoms with Crippen LogP contribution in [-0.2, 0) is 13.6 Å². The van der Waals surface area contributed by atoms with Crippen molar-refractivity contribution in [2.45, 2.75) is 33.7 Å². The van der Waals surface area contributed by atoms with Crippen LogP contribution in [0, 0.1) is 12.8 Å². The molecule has 1 N–H and O–H groups in total. The Bertz CT molecular complexity index is 574. The van der Waals surface area contributed by atoms with Crippen LogP contribution in [0.5, 0.6) is 0 Å². The summed E-state index contributed by atoms with van der Waals surface area (Å²) >= 11 is 0. The summed E-state index contributed by atoms with van der Waals surface area (Å²) in [5.41, 5.74) is 0. The van der Waals surface area contributed by atoms with Gasteiger partial charge in [-0.3, -0.25) is 0 Å². The van der Waals surface area contributed by atoms with E-state index in [2.05, 4.69) is 45.7 Å². The maximum Gasteiger partial charge on any atom is 0.194 e. The first-order valence-corrected chi connectivity index (χ1v) is 9.30. The first-order valence-electron chi connectivity index (χ1n) is 9.30. The van der Waals surface area contributed by atoms with Gasteiger partial charge in [0.1, 0.15) is 12.4 Å². The fourth-order valence-corrected chi connectivity index (χ4v) is 3.19. The van der Waals surface area contributed by atoms with Crippen LogP contribution >= 0.6 is 0 Å². The number of rotatable bonds is 8. The highest BCUT2D eigenvalue weighted by molar-refractivity contribution is 5.80. The zero-order valence-corrected chi connectivity index (χ0v) is 16.2. The highest BCUT2D eigenvalue weighted by atomic mass is 15.3. The molecule has 1 aromatic rings. The minimum atomic E-state index is 0.536. The fourth-order valence-electron chi connectivity index (χ4n) is 3.19. The lowest BCUT2D eigenvalue weighted by atomic mass is 10.1. The minimum absolute atomic E-state index is 0.536. The Morgan fingerprint density at radius 1 is 1.40 bits per heavy atom. The van der Waals surface area contributed by atoms with Gasteiger partial charge in [-0.1, -0.05) is 19.9 Å². The van der Waals surface area contributed by atoms with E-state index in [1.54, 1.807) is 0 Å². The van der Waals surface area contributed by atoms with Crippen molar-refractivity contribution in [1.29, 1.82) is 0 Å². The predicted octanol–water partition coefficient (Wildman–Crippen LogP) is 1.42. The summed E-state index contributed by atoms with van der Waals surface area (Å²) in [6.07, 6.45) is 3.08. The average molecular weight is 348 g/mol. The van der Waals surface area contributed by atoms with Crippen LogP contribution in [0.25, 0.3) is 0 Å². The molecule has 140 valence electrons. The molecule has 25 heavy (non-hydrogen) atoms. The van der Waals surface area contributed by atoms with Crippen molar-refractivity contribution in [3.8, 4) is 0 Å². The normalized spacial score (nSPS) is 18.2. The summed E-state index contributed by atoms with van der Waals surface area (Å²) in [6.45, 7) is 17.0. The quantitative estimate of drug-likeness (QED) is 0.438. The lowest BCUT2D eigenvalue weighted by Gasteiger charge is -2.24. The van der Waals surface area contributed by atoms with Gasteiger partial charge in [0.2, 0.25) is 0 Å². The number of nitrogens with zero attached hydrogens (tertiary/aromatic N) is 6. The van der Waals surface area contributed by atoms with Gasteiger partial charge in [0.15, 0.2) is 11.8 Å². The monoisotopic (exact) mass is 347 g/mol. The molecule has 0 spiro atoms. The van der Waals surface area contributed by atoms with Crippen LogP contribution < -0.4 is 5.32 Å². The molecule has 0 aliphatic carbocycles. The van der Waals surface area contributed by atoms with E-state index in [0.29, 0.717) is 19.0 Å². The molecule has 7 heteroatoms. The number of hydrogen-bond donors (Lipinski definition) is 1. The van der Waals surface area contributed by atoms with Gasteiger partial charge in [0.05, 0.1) is 0 Å². The molecule has 1 fully saturated rings. The second-order valence-electron chi connectivity index (χ2n) is 6.62. The molecule has 1 aliphatic heterocycles. The summed E-state index contributed by atoms with van der Waals surface area (Å²) in [7, 11) is 1.98. The Morgan fingerprint density at radius 2 is 2.16 bits per heavy atom. The van der Waals surface area contributed by atoms with Gasteiger partial charge in [-0.05, 0) is 32.4 Å². The van der Waals surface area contributed by atoms with Crippen LogP contribution in [-0.4, -0.2) is 69.8 Å². The lowest BCUT2D eigenvalue weighted by Crippen LogP contribution is -2.41. The zero-order valence-electron chi connectivity index (χ0n) is 16.2. The topological polar surface area (TPSA) is 61.6 Å². The molecule has 0 saturated carbocycles. The number of aromatic nitrogens is 3. The molecule has 0 bridgehead atoms. The van der Waals surface area contributed by atoms with E-state index in [4.69, 9.17) is 4.99 Å². The van der Waals surface area contributed by atoms with Crippen molar-refractivity contribution in [3.63, 3.8) is 0 Å². The standard InChI is InChI=1S/C18H33N7/c1-6-10-19-18(20-12-17-22-21-15(4)23(17)5)25-11-9-16(14-25)13-24(7-2)8-3/h6,16H,1,7-14H2,2-5H3,(H,19,20). The lowest BCUT2D eigenvalue weighted by molar-refractivity contribution is 0.255. The van der Waals surface area contributed by atoms with E-state index in [9.17, 15) is 0 Å². The fraction of sp³-hybridized carbons (Fsp3) is 0.722. The van der Waals surface area contributed by atoms with E-state index in [-0.39, 0.29) is 0 Å². The molecule has 0 aromatic carbocycles. The van der Waals surface area contributed by atoms with Crippen molar-refractivity contribution < 1.29 is 0 Å². The zero-order chi connectivity index (χ0) is 18.2. The number of nitrogens with one attached hydrogen (secondary N) is 1. The van der Waals surface area contributed by atoms with Gasteiger partial charge < -0.3 is 19.7 Å². The van der Waals surface area contributed by atoms with E-state index in [1.165, 1.54) is 13.0 Å². The number of guanidine groups is 1. The molecule has 2 rings (SSSR count). The number of likely N-dealkylation sites (tertiary alicyclic amines) is 1. The van der Waals surface area contributed by atoms with E-state index in [1.807, 2.05) is 24.6 Å². The molecular weight excluding hydrogens is 314 g/mol. The van der Waals surface area contributed by atoms with E-state index < -0.39 is 0 Å². The Morgan fingerprint density at radius 3 is 2.76 bits per heavy atom. The number of aryl methyl sites for hydroxylation is 1. The van der Waals surface area contributed by atoms with Gasteiger partial charge in [-0.2, -0.15) is 0 Å². The van der Waals surface area contributed by atoms with Crippen molar-refractivity contribution >= 4 is 5.96 Å². The third kappa shape index (κ3) is 5.29. The molecule has 0 amide bonds. The summed E-state index contributed by atoms with van der Waals surface area (Å²) < 4.78 is 1.99. The molecule has 1 saturated heterocycles. The molecule has 1 unspecified atom stereocenters. The maximum absolute atomic E-state index is 4.79. The van der Waals surface area contributed by atoms with Gasteiger partial charge in [0, 0.05) is 33.2 Å². The van der Waals surface area contributed by atoms with Gasteiger partial charge in [-0.15, -0.1) is 16.8 Å². The third-order valence-electron chi connectivity index (χ3n) is 4.95. The Hall–Kier alpha value is -1.89. The van der Waals surface area contributed by atoms with Crippen LogP contribution in [0.2, 0.25) is 0 Å². The first-order chi connectivity index (χ1) is 12.1. The Balaban J connectivity index is 2.00. The Labute approximate surface area is 151 Å². The van der Waals surface area contributed by atoms with Crippen molar-refractivity contribution in [2.24, 2.45) is 18.0 Å². The van der Waals surface area contributed by atoms with Crippen LogP contribution in [0.15, 0.2) is 17.6 Å². The van der Waals surface area contributed by atoms with Crippen molar-refractivity contribution in [2.75, 3.05) is 39.3 Å². The van der Waals surface area contributed by atoms with Gasteiger partial charge in [0.25, 0.3) is 0 Å². The van der Waals surface area contributed by atoms with Crippen LogP contribution in [0.4, 0.5) is 0 Å². The van der Waals surface area contributed by atoms with Crippen molar-refractivity contribution in [3.05, 3.63) is 24.3 Å². The summed E-state index contributed by atoms with van der Waals surface area (Å²) in [5, 5.41) is 11.7. The molecule has 2 heterocycles. The smallest absolute Gasteiger partial charge is 0.194 e. The van der Waals surface area contributed by atoms with E-state index >= 15 is 0 Å². The first kappa shape index (κ1) is 19.4. The summed E-state index contributed by atoms with van der Waals surface area (Å²) in [4.78, 5) is 9.65. The maximum atomic E-state index is 4.79. The summed E-state index contributed by atoms with van der Waals surface area (Å²) in [5.74, 6) is 3.44. The van der Waals surface area contributed by atoms with Crippen LogP contribution in [0.1, 0.15) is 31.9 Å². The Kier molecular flexibility index (Phi) is 7.43. The van der Waals surface area contributed by atoms with Gasteiger partial charge in [-0.25, -0.2) is 4.99 Å². The SMILES string of the molecule is C=CCNC(=NCc1nnc(C)n1C)N1CCC(CN(CC)CC)C1. The predicted molar refractivity (Wildman–Crippen MR) is 103 cm³/mol. The highest BCUT2D eigenvalue weighted by Gasteiger charge is 2.26. The highest BCUT2D eigenvalue weighted by Crippen LogP contribution is 2.18. The summed E-state index contributed by atoms with van der Waals surface area (Å²) in [6, 6.07) is 0. The molecule has 1 atom stereocenters. The van der Waals surface area contributed by atoms with Crippen LogP contribution in [0.3, 0.4) is 0 Å². The number of hydrogen-bond acceptors (Lipinski definition) is 4. The van der Waals surface area contributed by atoms with Gasteiger partial charge >= 0.3 is 0 Å². The molecular formula is C18H33N7. The molecule has 1 aromatic heterocycles. The number of aliphatic imine (C=N–C) groups is 1. The third-order valence-corrected chi connectivity index (χ3v) is 4.95. The molecule has 7 nitrogen and oxygen atoms in total. The molecule has 0 radical (unpaired) electrons. The molecule has 1 aliphatic rings.